The maximum Gasteiger partial charge on any atom is 0.259 e. The Morgan fingerprint density at radius 3 is 2.52 bits per heavy atom. The number of amides is 1. The molecule has 6 heteroatoms. The van der Waals surface area contributed by atoms with E-state index in [2.05, 4.69) is 21.9 Å². The first kappa shape index (κ1) is 18.3. The maximum atomic E-state index is 12.0. The van der Waals surface area contributed by atoms with Gasteiger partial charge in [0.1, 0.15) is 0 Å². The largest absolute Gasteiger partial charge is 0.493 e. The standard InChI is InChI=1S/C21H21N3O3/c1-26-19-10-7-15(11-20(19)27-2)13-23-24-21(25)14-22-18-9-8-16-5-3-4-6-17(16)12-18/h3-13,22H,14H2,1-2H3,(H,24,25). The van der Waals surface area contributed by atoms with Crippen LogP contribution in [-0.2, 0) is 4.79 Å². The van der Waals surface area contributed by atoms with Gasteiger partial charge >= 0.3 is 0 Å². The maximum absolute atomic E-state index is 12.0. The fraction of sp³-hybridized carbons (Fsp3) is 0.143. The summed E-state index contributed by atoms with van der Waals surface area (Å²) in [5.74, 6) is 1.00. The van der Waals surface area contributed by atoms with Crippen molar-refractivity contribution in [1.82, 2.24) is 5.43 Å². The number of hydrogen-bond acceptors (Lipinski definition) is 5. The van der Waals surface area contributed by atoms with Gasteiger partial charge in [-0.1, -0.05) is 30.3 Å². The predicted octanol–water partition coefficient (Wildman–Crippen LogP) is 3.42. The van der Waals surface area contributed by atoms with E-state index in [9.17, 15) is 4.79 Å². The number of rotatable bonds is 7. The fourth-order valence-corrected chi connectivity index (χ4v) is 2.63. The van der Waals surface area contributed by atoms with Crippen LogP contribution in [0.1, 0.15) is 5.56 Å². The summed E-state index contributed by atoms with van der Waals surface area (Å²) in [6, 6.07) is 19.4. The Morgan fingerprint density at radius 2 is 1.74 bits per heavy atom. The molecule has 0 heterocycles. The van der Waals surface area contributed by atoms with Crippen molar-refractivity contribution in [3.63, 3.8) is 0 Å². The lowest BCUT2D eigenvalue weighted by molar-refractivity contribution is -0.119. The summed E-state index contributed by atoms with van der Waals surface area (Å²) < 4.78 is 10.4. The number of nitrogens with zero attached hydrogens (tertiary/aromatic N) is 1. The number of nitrogens with one attached hydrogen (secondary N) is 2. The van der Waals surface area contributed by atoms with Crippen molar-refractivity contribution in [1.29, 1.82) is 0 Å². The third-order valence-corrected chi connectivity index (χ3v) is 4.01. The van der Waals surface area contributed by atoms with Gasteiger partial charge in [-0.3, -0.25) is 4.79 Å². The number of hydrazone groups is 1. The van der Waals surface area contributed by atoms with Crippen LogP contribution in [0.2, 0.25) is 0 Å². The Morgan fingerprint density at radius 1 is 0.963 bits per heavy atom. The summed E-state index contributed by atoms with van der Waals surface area (Å²) in [7, 11) is 3.15. The summed E-state index contributed by atoms with van der Waals surface area (Å²) >= 11 is 0. The summed E-state index contributed by atoms with van der Waals surface area (Å²) in [5.41, 5.74) is 4.17. The van der Waals surface area contributed by atoms with Gasteiger partial charge in [-0.05, 0) is 46.7 Å². The molecule has 0 aromatic heterocycles. The van der Waals surface area contributed by atoms with Crippen LogP contribution in [-0.4, -0.2) is 32.9 Å². The van der Waals surface area contributed by atoms with Crippen LogP contribution >= 0.6 is 0 Å². The topological polar surface area (TPSA) is 72.0 Å². The molecule has 0 bridgehead atoms. The molecule has 0 aliphatic carbocycles. The number of fused-ring (bicyclic) bond motifs is 1. The van der Waals surface area contributed by atoms with E-state index in [1.165, 1.54) is 0 Å². The van der Waals surface area contributed by atoms with E-state index in [-0.39, 0.29) is 12.5 Å². The van der Waals surface area contributed by atoms with Crippen LogP contribution in [0.3, 0.4) is 0 Å². The molecule has 6 nitrogen and oxygen atoms in total. The zero-order valence-electron chi connectivity index (χ0n) is 15.2. The molecule has 138 valence electrons. The molecule has 3 aromatic carbocycles. The van der Waals surface area contributed by atoms with Gasteiger partial charge < -0.3 is 14.8 Å². The summed E-state index contributed by atoms with van der Waals surface area (Å²) in [4.78, 5) is 12.0. The molecule has 0 fully saturated rings. The Balaban J connectivity index is 1.53. The molecule has 27 heavy (non-hydrogen) atoms. The molecule has 0 saturated carbocycles. The lowest BCUT2D eigenvalue weighted by Gasteiger charge is -2.08. The normalized spacial score (nSPS) is 10.7. The minimum absolute atomic E-state index is 0.127. The first-order valence-electron chi connectivity index (χ1n) is 8.46. The molecule has 0 aliphatic rings. The van der Waals surface area contributed by atoms with E-state index in [1.807, 2.05) is 42.5 Å². The number of benzene rings is 3. The Hall–Kier alpha value is -3.54. The highest BCUT2D eigenvalue weighted by atomic mass is 16.5. The van der Waals surface area contributed by atoms with E-state index >= 15 is 0 Å². The van der Waals surface area contributed by atoms with Crippen molar-refractivity contribution in [2.24, 2.45) is 5.10 Å². The summed E-state index contributed by atoms with van der Waals surface area (Å²) in [5, 5.41) is 9.35. The van der Waals surface area contributed by atoms with E-state index in [0.717, 1.165) is 22.0 Å². The quantitative estimate of drug-likeness (QED) is 0.498. The number of anilines is 1. The zero-order valence-corrected chi connectivity index (χ0v) is 15.2. The zero-order chi connectivity index (χ0) is 19.1. The number of ether oxygens (including phenoxy) is 2. The molecule has 1 amide bonds. The smallest absolute Gasteiger partial charge is 0.259 e. The van der Waals surface area contributed by atoms with Crippen LogP contribution in [0.5, 0.6) is 11.5 Å². The lowest BCUT2D eigenvalue weighted by atomic mass is 10.1. The van der Waals surface area contributed by atoms with Crippen LogP contribution in [0.4, 0.5) is 5.69 Å². The highest BCUT2D eigenvalue weighted by Gasteiger charge is 2.04. The molecule has 0 spiro atoms. The molecule has 0 radical (unpaired) electrons. The third-order valence-electron chi connectivity index (χ3n) is 4.01. The first-order chi connectivity index (χ1) is 13.2. The van der Waals surface area contributed by atoms with Gasteiger partial charge in [0.2, 0.25) is 0 Å². The van der Waals surface area contributed by atoms with Gasteiger partial charge in [-0.2, -0.15) is 5.10 Å². The molecule has 0 aliphatic heterocycles. The predicted molar refractivity (Wildman–Crippen MR) is 108 cm³/mol. The minimum Gasteiger partial charge on any atom is -0.493 e. The van der Waals surface area contributed by atoms with Crippen molar-refractivity contribution in [2.75, 3.05) is 26.1 Å². The van der Waals surface area contributed by atoms with Crippen LogP contribution < -0.4 is 20.2 Å². The highest BCUT2D eigenvalue weighted by Crippen LogP contribution is 2.26. The molecule has 3 rings (SSSR count). The van der Waals surface area contributed by atoms with Gasteiger partial charge in [0.15, 0.2) is 11.5 Å². The molecular formula is C21H21N3O3. The van der Waals surface area contributed by atoms with Crippen LogP contribution in [0.25, 0.3) is 10.8 Å². The van der Waals surface area contributed by atoms with E-state index in [4.69, 9.17) is 9.47 Å². The molecule has 0 saturated heterocycles. The average molecular weight is 363 g/mol. The van der Waals surface area contributed by atoms with Gasteiger partial charge in [0.05, 0.1) is 27.0 Å². The lowest BCUT2D eigenvalue weighted by Crippen LogP contribution is -2.25. The van der Waals surface area contributed by atoms with Crippen molar-refractivity contribution >= 4 is 28.6 Å². The van der Waals surface area contributed by atoms with Crippen molar-refractivity contribution < 1.29 is 14.3 Å². The Kier molecular flexibility index (Phi) is 5.89. The minimum atomic E-state index is -0.236. The third kappa shape index (κ3) is 4.76. The fourth-order valence-electron chi connectivity index (χ4n) is 2.63. The van der Waals surface area contributed by atoms with Gasteiger partial charge in [-0.15, -0.1) is 0 Å². The van der Waals surface area contributed by atoms with Crippen LogP contribution in [0, 0.1) is 0 Å². The van der Waals surface area contributed by atoms with Crippen molar-refractivity contribution in [3.8, 4) is 11.5 Å². The van der Waals surface area contributed by atoms with Gasteiger partial charge in [-0.25, -0.2) is 5.43 Å². The number of hydrogen-bond donors (Lipinski definition) is 2. The van der Waals surface area contributed by atoms with Crippen LogP contribution in [0.15, 0.2) is 65.8 Å². The van der Waals surface area contributed by atoms with Gasteiger partial charge in [0, 0.05) is 5.69 Å². The first-order valence-corrected chi connectivity index (χ1v) is 8.46. The number of carbonyl (C=O) groups is 1. The summed E-state index contributed by atoms with van der Waals surface area (Å²) in [6.07, 6.45) is 1.55. The molecule has 2 N–H and O–H groups in total. The molecular weight excluding hydrogens is 342 g/mol. The van der Waals surface area contributed by atoms with Crippen molar-refractivity contribution in [3.05, 3.63) is 66.2 Å². The SMILES string of the molecule is COc1ccc(C=NNC(=O)CNc2ccc3ccccc3c2)cc1OC. The summed E-state index contributed by atoms with van der Waals surface area (Å²) in [6.45, 7) is 0.127. The average Bonchev–Trinajstić information content (AvgIpc) is 2.72. The molecule has 3 aromatic rings. The van der Waals surface area contributed by atoms with E-state index in [0.29, 0.717) is 11.5 Å². The monoisotopic (exact) mass is 363 g/mol. The molecule has 0 unspecified atom stereocenters. The van der Waals surface area contributed by atoms with Crippen molar-refractivity contribution in [2.45, 2.75) is 0 Å². The highest BCUT2D eigenvalue weighted by molar-refractivity contribution is 5.87. The second-order valence-electron chi connectivity index (χ2n) is 5.82. The molecule has 0 atom stereocenters. The Bertz CT molecular complexity index is 970. The second-order valence-corrected chi connectivity index (χ2v) is 5.82. The van der Waals surface area contributed by atoms with E-state index in [1.54, 1.807) is 32.6 Å². The Labute approximate surface area is 157 Å². The second kappa shape index (κ2) is 8.71. The number of carbonyl (C=O) groups excluding carboxylic acids is 1. The van der Waals surface area contributed by atoms with Gasteiger partial charge in [0.25, 0.3) is 5.91 Å². The van der Waals surface area contributed by atoms with E-state index < -0.39 is 0 Å². The number of methoxy groups -OCH3 is 2.